The fourth-order valence-electron chi connectivity index (χ4n) is 2.54. The molecule has 4 heteroatoms. The van der Waals surface area contributed by atoms with Crippen molar-refractivity contribution in [3.05, 3.63) is 0 Å². The van der Waals surface area contributed by atoms with Crippen LogP contribution in [0.3, 0.4) is 0 Å². The number of ether oxygens (including phenoxy) is 1. The minimum atomic E-state index is -2.63. The van der Waals surface area contributed by atoms with Crippen LogP contribution in [-0.4, -0.2) is 24.3 Å². The van der Waals surface area contributed by atoms with E-state index in [1.807, 2.05) is 0 Å². The van der Waals surface area contributed by atoms with Crippen molar-refractivity contribution in [1.82, 2.24) is 0 Å². The molecule has 16 heavy (non-hydrogen) atoms. The van der Waals surface area contributed by atoms with E-state index in [-0.39, 0.29) is 11.5 Å². The topological polar surface area (TPSA) is 9.23 Å². The molecule has 0 heterocycles. The number of thiol groups is 1. The zero-order valence-electron chi connectivity index (χ0n) is 10.1. The van der Waals surface area contributed by atoms with Gasteiger partial charge < -0.3 is 4.74 Å². The second kappa shape index (κ2) is 6.10. The van der Waals surface area contributed by atoms with Gasteiger partial charge in [0.15, 0.2) is 0 Å². The molecule has 1 aliphatic rings. The van der Waals surface area contributed by atoms with E-state index < -0.39 is 6.61 Å². The van der Waals surface area contributed by atoms with Crippen molar-refractivity contribution >= 4 is 17.2 Å². The summed E-state index contributed by atoms with van der Waals surface area (Å²) in [6, 6.07) is 0. The lowest BCUT2D eigenvalue weighted by Gasteiger charge is -2.39. The van der Waals surface area contributed by atoms with Gasteiger partial charge in [0.1, 0.15) is 0 Å². The van der Waals surface area contributed by atoms with E-state index in [4.69, 9.17) is 0 Å². The Morgan fingerprint density at radius 1 is 1.44 bits per heavy atom. The first-order valence-corrected chi connectivity index (χ1v) is 7.08. The fraction of sp³-hybridized carbons (Fsp3) is 0.917. The van der Waals surface area contributed by atoms with Gasteiger partial charge in [0.25, 0.3) is 0 Å². The predicted molar refractivity (Wildman–Crippen MR) is 67.6 cm³/mol. The maximum absolute atomic E-state index is 12.2. The Morgan fingerprint density at radius 3 is 2.69 bits per heavy atom. The number of hydrogen-bond donors (Lipinski definition) is 1. The van der Waals surface area contributed by atoms with Crippen LogP contribution in [0.2, 0.25) is 0 Å². The summed E-state index contributed by atoms with van der Waals surface area (Å²) in [6.07, 6.45) is 3.43. The Hall–Kier alpha value is 0.0400. The van der Waals surface area contributed by atoms with E-state index in [2.05, 4.69) is 24.5 Å². The molecule has 1 saturated carbocycles. The molecule has 0 aromatic rings. The number of alkyl halides is 2. The third-order valence-corrected chi connectivity index (χ3v) is 4.58. The molecule has 2 unspecified atom stereocenters. The highest BCUT2D eigenvalue weighted by Crippen LogP contribution is 2.40. The molecule has 0 spiro atoms. The van der Waals surface area contributed by atoms with Gasteiger partial charge in [0.05, 0.1) is 6.10 Å². The first kappa shape index (κ1) is 14.1. The van der Waals surface area contributed by atoms with E-state index in [0.717, 1.165) is 42.8 Å². The van der Waals surface area contributed by atoms with E-state index in [9.17, 15) is 8.78 Å². The Balaban J connectivity index is 2.52. The van der Waals surface area contributed by atoms with E-state index >= 15 is 0 Å². The summed E-state index contributed by atoms with van der Waals surface area (Å²) in [7, 11) is 0. The van der Waals surface area contributed by atoms with Crippen molar-refractivity contribution in [2.24, 2.45) is 11.3 Å². The lowest BCUT2D eigenvalue weighted by atomic mass is 9.71. The summed E-state index contributed by atoms with van der Waals surface area (Å²) in [4.78, 5) is 0. The summed E-state index contributed by atoms with van der Waals surface area (Å²) in [5.41, 5.74) is 0.188. The summed E-state index contributed by atoms with van der Waals surface area (Å²) in [5.74, 6) is 5.37. The second-order valence-electron chi connectivity index (χ2n) is 5.25. The van der Waals surface area contributed by atoms with Gasteiger partial charge in [-0.3, -0.25) is 0 Å². The highest BCUT2D eigenvalue weighted by Gasteiger charge is 2.34. The van der Waals surface area contributed by atoms with E-state index in [1.54, 1.807) is 0 Å². The van der Waals surface area contributed by atoms with Crippen molar-refractivity contribution in [2.45, 2.75) is 52.2 Å². The number of halogens is 2. The Labute approximate surface area is 101 Å². The van der Waals surface area contributed by atoms with Gasteiger partial charge in [-0.05, 0) is 36.3 Å². The minimum absolute atomic E-state index is 0.188. The van der Waals surface area contributed by atoms with Crippen LogP contribution in [0.25, 0.3) is 0 Å². The van der Waals surface area contributed by atoms with Gasteiger partial charge in [-0.25, -0.2) is 11.4 Å². The van der Waals surface area contributed by atoms with Crippen LogP contribution in [0.1, 0.15) is 39.5 Å². The lowest BCUT2D eigenvalue weighted by Crippen LogP contribution is -2.34. The summed E-state index contributed by atoms with van der Waals surface area (Å²) < 4.78 is 29.0. The molecule has 1 aliphatic carbocycles. The fourth-order valence-corrected chi connectivity index (χ4v) is 3.38. The zero-order chi connectivity index (χ0) is 12.2. The molecule has 1 nitrogen and oxygen atoms in total. The SMILES string of the molecule is C=[SH]CC(C)(C)C1CCCC(OC(F)F)C1. The van der Waals surface area contributed by atoms with Crippen LogP contribution in [0, 0.1) is 11.3 Å². The second-order valence-corrected chi connectivity index (χ2v) is 6.02. The first-order chi connectivity index (χ1) is 7.45. The molecule has 0 aromatic carbocycles. The quantitative estimate of drug-likeness (QED) is 0.579. The molecule has 1 rings (SSSR count). The Bertz CT molecular complexity index is 231. The summed E-state index contributed by atoms with van der Waals surface area (Å²) >= 11 is 1.13. The van der Waals surface area contributed by atoms with Crippen LogP contribution in [-0.2, 0) is 4.74 Å². The molecule has 0 aliphatic heterocycles. The predicted octanol–water partition coefficient (Wildman–Crippen LogP) is 3.71. The van der Waals surface area contributed by atoms with Crippen LogP contribution in [0.4, 0.5) is 8.78 Å². The van der Waals surface area contributed by atoms with Crippen LogP contribution < -0.4 is 0 Å². The Kier molecular flexibility index (Phi) is 5.38. The molecule has 2 atom stereocenters. The molecular formula is C12H22F2OS. The number of rotatable bonds is 5. The molecule has 96 valence electrons. The van der Waals surface area contributed by atoms with Crippen molar-refractivity contribution in [3.63, 3.8) is 0 Å². The standard InChI is InChI=1S/C12H22F2OS/c1-12(2,8-16-3)9-5-4-6-10(7-9)15-11(13)14/h9-11,16H,3-8H2,1-2H3. The van der Waals surface area contributed by atoms with E-state index in [0.29, 0.717) is 5.92 Å². The molecule has 0 aromatic heterocycles. The van der Waals surface area contributed by atoms with Gasteiger partial charge >= 0.3 is 6.61 Å². The highest BCUT2D eigenvalue weighted by molar-refractivity contribution is 7.96. The average Bonchev–Trinajstić information content (AvgIpc) is 2.17. The summed E-state index contributed by atoms with van der Waals surface area (Å²) in [5, 5.41) is 0. The average molecular weight is 252 g/mol. The molecule has 0 bridgehead atoms. The van der Waals surface area contributed by atoms with Crippen molar-refractivity contribution in [3.8, 4) is 0 Å². The van der Waals surface area contributed by atoms with Gasteiger partial charge in [0.2, 0.25) is 0 Å². The molecular weight excluding hydrogens is 230 g/mol. The van der Waals surface area contributed by atoms with Crippen molar-refractivity contribution in [1.29, 1.82) is 0 Å². The smallest absolute Gasteiger partial charge is 0.320 e. The monoisotopic (exact) mass is 252 g/mol. The first-order valence-electron chi connectivity index (χ1n) is 5.82. The molecule has 0 amide bonds. The molecule has 0 saturated heterocycles. The molecule has 0 N–H and O–H groups in total. The largest absolute Gasteiger partial charge is 0.345 e. The van der Waals surface area contributed by atoms with Crippen LogP contribution >= 0.6 is 11.4 Å². The maximum atomic E-state index is 12.2. The zero-order valence-corrected chi connectivity index (χ0v) is 11.0. The molecule has 1 fully saturated rings. The van der Waals surface area contributed by atoms with Gasteiger partial charge in [0, 0.05) is 0 Å². The molecule has 0 radical (unpaired) electrons. The highest BCUT2D eigenvalue weighted by atomic mass is 32.1. The maximum Gasteiger partial charge on any atom is 0.345 e. The van der Waals surface area contributed by atoms with Crippen molar-refractivity contribution < 1.29 is 13.5 Å². The van der Waals surface area contributed by atoms with Crippen molar-refractivity contribution in [2.75, 3.05) is 5.75 Å². The van der Waals surface area contributed by atoms with E-state index in [1.165, 1.54) is 0 Å². The summed E-state index contributed by atoms with van der Waals surface area (Å²) in [6.45, 7) is 1.79. The normalized spacial score (nSPS) is 27.3. The number of hydrogen-bond acceptors (Lipinski definition) is 1. The van der Waals surface area contributed by atoms with Crippen LogP contribution in [0.15, 0.2) is 0 Å². The third-order valence-electron chi connectivity index (χ3n) is 3.55. The third kappa shape index (κ3) is 4.13. The van der Waals surface area contributed by atoms with Crippen LogP contribution in [0.5, 0.6) is 0 Å². The van der Waals surface area contributed by atoms with Gasteiger partial charge in [-0.15, -0.1) is 0 Å². The Morgan fingerprint density at radius 2 is 2.12 bits per heavy atom. The minimum Gasteiger partial charge on any atom is -0.320 e. The van der Waals surface area contributed by atoms with Gasteiger partial charge in [-0.2, -0.15) is 8.78 Å². The lowest BCUT2D eigenvalue weighted by molar-refractivity contribution is -0.176. The van der Waals surface area contributed by atoms with Gasteiger partial charge in [-0.1, -0.05) is 26.1 Å².